The minimum Gasteiger partial charge on any atom is -0.369 e. The third-order valence-corrected chi connectivity index (χ3v) is 0.945. The quantitative estimate of drug-likeness (QED) is 0.579. The molecule has 11 heavy (non-hydrogen) atoms. The molecule has 0 saturated heterocycles. The van der Waals surface area contributed by atoms with E-state index in [1.54, 1.807) is 24.8 Å². The van der Waals surface area contributed by atoms with Gasteiger partial charge in [-0.15, -0.1) is 0 Å². The largest absolute Gasteiger partial charge is 0.369 e. The number of hydrogen-bond acceptors (Lipinski definition) is 4. The van der Waals surface area contributed by atoms with Gasteiger partial charge in [-0.3, -0.25) is 14.8 Å². The van der Waals surface area contributed by atoms with Crippen LogP contribution in [-0.4, -0.2) is 21.6 Å². The molecule has 0 aliphatic carbocycles. The highest BCUT2D eigenvalue weighted by atomic mass is 32.1. The van der Waals surface area contributed by atoms with Crippen molar-refractivity contribution in [3.63, 3.8) is 0 Å². The van der Waals surface area contributed by atoms with Crippen molar-refractivity contribution in [3.05, 3.63) is 24.8 Å². The molecule has 1 aromatic rings. The summed E-state index contributed by atoms with van der Waals surface area (Å²) in [6, 6.07) is 0. The number of nitrogens with zero attached hydrogens (tertiary/aromatic N) is 2. The maximum absolute atomic E-state index is 9.51. The van der Waals surface area contributed by atoms with Crippen LogP contribution in [0.4, 0.5) is 0 Å². The van der Waals surface area contributed by atoms with Crippen LogP contribution in [0, 0.1) is 0 Å². The molecule has 4 nitrogen and oxygen atoms in total. The van der Waals surface area contributed by atoms with Gasteiger partial charge in [-0.05, 0) is 0 Å². The second-order valence-corrected chi connectivity index (χ2v) is 1.84. The smallest absolute Gasteiger partial charge is 0.227 e. The first-order valence-corrected chi connectivity index (χ1v) is 3.49. The highest BCUT2D eigenvalue weighted by Gasteiger charge is 1.78. The van der Waals surface area contributed by atoms with E-state index in [2.05, 4.69) is 28.3 Å². The number of rotatable bonds is 1. The predicted octanol–water partition coefficient (Wildman–Crippen LogP) is -0.122. The molecule has 0 aromatic carbocycles. The van der Waals surface area contributed by atoms with Crippen molar-refractivity contribution in [3.8, 4) is 0 Å². The lowest BCUT2D eigenvalue weighted by molar-refractivity contribution is -0.115. The Balaban J connectivity index is 0.000000187. The molecule has 0 saturated carbocycles. The lowest BCUT2D eigenvalue weighted by Crippen LogP contribution is -2.10. The minimum absolute atomic E-state index is 0.139. The maximum atomic E-state index is 9.51. The fourth-order valence-corrected chi connectivity index (χ4v) is 0.253. The summed E-state index contributed by atoms with van der Waals surface area (Å²) in [4.78, 5) is 17.0. The first-order chi connectivity index (χ1) is 5.27. The molecule has 5 heteroatoms. The van der Waals surface area contributed by atoms with Crippen LogP contribution in [0.1, 0.15) is 0 Å². The van der Waals surface area contributed by atoms with Gasteiger partial charge in [0.15, 0.2) is 0 Å². The van der Waals surface area contributed by atoms with Gasteiger partial charge in [-0.2, -0.15) is 12.6 Å². The number of aromatic nitrogens is 2. The Hall–Kier alpha value is -1.10. The van der Waals surface area contributed by atoms with Crippen molar-refractivity contribution in [1.29, 1.82) is 0 Å². The second kappa shape index (κ2) is 7.01. The van der Waals surface area contributed by atoms with E-state index in [4.69, 9.17) is 0 Å². The number of hydrogen-bond donors (Lipinski definition) is 2. The number of thiol groups is 1. The zero-order valence-corrected chi connectivity index (χ0v) is 6.74. The van der Waals surface area contributed by atoms with Gasteiger partial charge in [0.05, 0.1) is 5.75 Å². The molecule has 0 unspecified atom stereocenters. The summed E-state index contributed by atoms with van der Waals surface area (Å²) in [5, 5.41) is 0. The molecular formula is C6H9N3OS. The topological polar surface area (TPSA) is 68.9 Å². The SMILES string of the molecule is NC(=O)CS.c1cnccn1. The van der Waals surface area contributed by atoms with E-state index in [0.717, 1.165) is 0 Å². The average molecular weight is 171 g/mol. The van der Waals surface area contributed by atoms with Gasteiger partial charge >= 0.3 is 0 Å². The van der Waals surface area contributed by atoms with Crippen molar-refractivity contribution < 1.29 is 4.79 Å². The van der Waals surface area contributed by atoms with Crippen molar-refractivity contribution in [2.45, 2.75) is 0 Å². The zero-order chi connectivity index (χ0) is 8.53. The predicted molar refractivity (Wildman–Crippen MR) is 45.1 cm³/mol. The van der Waals surface area contributed by atoms with E-state index >= 15 is 0 Å². The molecule has 1 heterocycles. The third kappa shape index (κ3) is 8.90. The van der Waals surface area contributed by atoms with Crippen LogP contribution < -0.4 is 5.73 Å². The Morgan fingerprint density at radius 1 is 1.27 bits per heavy atom. The summed E-state index contributed by atoms with van der Waals surface area (Å²) in [6.07, 6.45) is 6.56. The fourth-order valence-electron chi connectivity index (χ4n) is 0.253. The van der Waals surface area contributed by atoms with Gasteiger partial charge < -0.3 is 5.73 Å². The van der Waals surface area contributed by atoms with Crippen LogP contribution in [-0.2, 0) is 4.79 Å². The molecule has 2 N–H and O–H groups in total. The highest BCUT2D eigenvalue weighted by molar-refractivity contribution is 7.81. The van der Waals surface area contributed by atoms with Crippen molar-refractivity contribution in [2.24, 2.45) is 5.73 Å². The minimum atomic E-state index is -0.381. The van der Waals surface area contributed by atoms with Gasteiger partial charge in [0.25, 0.3) is 0 Å². The molecule has 1 rings (SSSR count). The van der Waals surface area contributed by atoms with E-state index in [-0.39, 0.29) is 11.7 Å². The highest BCUT2D eigenvalue weighted by Crippen LogP contribution is 1.65. The lowest BCUT2D eigenvalue weighted by Gasteiger charge is -1.72. The molecule has 1 amide bonds. The molecule has 60 valence electrons. The molecule has 0 spiro atoms. The van der Waals surface area contributed by atoms with E-state index in [1.165, 1.54) is 0 Å². The summed E-state index contributed by atoms with van der Waals surface area (Å²) < 4.78 is 0. The molecule has 0 radical (unpaired) electrons. The summed E-state index contributed by atoms with van der Waals surface area (Å²) in [6.45, 7) is 0. The van der Waals surface area contributed by atoms with Gasteiger partial charge in [-0.1, -0.05) is 0 Å². The Morgan fingerprint density at radius 2 is 1.55 bits per heavy atom. The number of carbonyl (C=O) groups is 1. The normalized spacial score (nSPS) is 7.73. The summed E-state index contributed by atoms with van der Waals surface area (Å²) in [5.74, 6) is -0.242. The average Bonchev–Trinajstić information content (AvgIpc) is 2.09. The first-order valence-electron chi connectivity index (χ1n) is 2.86. The van der Waals surface area contributed by atoms with Crippen LogP contribution in [0.15, 0.2) is 24.8 Å². The van der Waals surface area contributed by atoms with Crippen LogP contribution in [0.5, 0.6) is 0 Å². The summed E-state index contributed by atoms with van der Waals surface area (Å²) in [5.41, 5.74) is 4.58. The van der Waals surface area contributed by atoms with Crippen molar-refractivity contribution in [2.75, 3.05) is 5.75 Å². The van der Waals surface area contributed by atoms with Gasteiger partial charge in [0.2, 0.25) is 5.91 Å². The van der Waals surface area contributed by atoms with E-state index in [0.29, 0.717) is 0 Å². The number of primary amides is 1. The maximum Gasteiger partial charge on any atom is 0.227 e. The Bertz CT molecular complexity index is 166. The second-order valence-electron chi connectivity index (χ2n) is 1.52. The fraction of sp³-hybridized carbons (Fsp3) is 0.167. The van der Waals surface area contributed by atoms with E-state index in [9.17, 15) is 4.79 Å². The van der Waals surface area contributed by atoms with Crippen molar-refractivity contribution in [1.82, 2.24) is 9.97 Å². The number of amides is 1. The summed E-state index contributed by atoms with van der Waals surface area (Å²) in [7, 11) is 0. The third-order valence-electron chi connectivity index (χ3n) is 0.633. The van der Waals surface area contributed by atoms with Crippen LogP contribution in [0.3, 0.4) is 0 Å². The first kappa shape index (κ1) is 9.90. The number of carbonyl (C=O) groups excluding carboxylic acids is 1. The molecule has 0 aliphatic heterocycles. The van der Waals surface area contributed by atoms with Gasteiger partial charge in [-0.25, -0.2) is 0 Å². The summed E-state index contributed by atoms with van der Waals surface area (Å²) >= 11 is 3.54. The number of nitrogens with two attached hydrogens (primary N) is 1. The Kier molecular flexibility index (Phi) is 6.31. The molecule has 0 bridgehead atoms. The Labute approximate surface area is 70.3 Å². The van der Waals surface area contributed by atoms with E-state index in [1.807, 2.05) is 0 Å². The van der Waals surface area contributed by atoms with Gasteiger partial charge in [0, 0.05) is 24.8 Å². The van der Waals surface area contributed by atoms with E-state index < -0.39 is 0 Å². The van der Waals surface area contributed by atoms with Crippen molar-refractivity contribution >= 4 is 18.5 Å². The monoisotopic (exact) mass is 171 g/mol. The van der Waals surface area contributed by atoms with Crippen LogP contribution in [0.25, 0.3) is 0 Å². The molecule has 0 fully saturated rings. The molecular weight excluding hydrogens is 162 g/mol. The molecule has 0 aliphatic rings. The molecule has 1 aromatic heterocycles. The Morgan fingerprint density at radius 3 is 1.64 bits per heavy atom. The standard InChI is InChI=1S/C4H4N2.C2H5NOS/c1-2-6-4-3-5-1;3-2(4)1-5/h1-4H;5H,1H2,(H2,3,4). The lowest BCUT2D eigenvalue weighted by atomic mass is 10.8. The van der Waals surface area contributed by atoms with Crippen LogP contribution in [0.2, 0.25) is 0 Å². The van der Waals surface area contributed by atoms with Gasteiger partial charge in [0.1, 0.15) is 0 Å². The van der Waals surface area contributed by atoms with Crippen LogP contribution >= 0.6 is 12.6 Å². The molecule has 0 atom stereocenters. The zero-order valence-electron chi connectivity index (χ0n) is 5.84.